The highest BCUT2D eigenvalue weighted by atomic mass is 35.5. The van der Waals surface area contributed by atoms with Gasteiger partial charge >= 0.3 is 5.69 Å². The molecule has 2 heterocycles. The van der Waals surface area contributed by atoms with E-state index >= 15 is 0 Å². The van der Waals surface area contributed by atoms with Crippen molar-refractivity contribution in [2.75, 3.05) is 12.3 Å². The third-order valence-corrected chi connectivity index (χ3v) is 2.55. The summed E-state index contributed by atoms with van der Waals surface area (Å²) in [4.78, 5) is 15.0. The molecule has 1 fully saturated rings. The number of nitrogen functional groups attached to an aromatic ring is 1. The van der Waals surface area contributed by atoms with Gasteiger partial charge in [-0.15, -0.1) is 12.4 Å². The maximum Gasteiger partial charge on any atom is 0.351 e. The minimum absolute atomic E-state index is 0. The van der Waals surface area contributed by atoms with Crippen LogP contribution in [0.1, 0.15) is 12.6 Å². The lowest BCUT2D eigenvalue weighted by molar-refractivity contribution is -0.0458. The van der Waals surface area contributed by atoms with Gasteiger partial charge in [0.1, 0.15) is 18.1 Å². The molecule has 2 rings (SSSR count). The van der Waals surface area contributed by atoms with Crippen LogP contribution in [-0.2, 0) is 4.74 Å². The van der Waals surface area contributed by atoms with Crippen LogP contribution in [0.2, 0.25) is 0 Å². The highest BCUT2D eigenvalue weighted by Crippen LogP contribution is 2.27. The van der Waals surface area contributed by atoms with Crippen molar-refractivity contribution in [3.8, 4) is 0 Å². The van der Waals surface area contributed by atoms with Crippen molar-refractivity contribution < 1.29 is 14.9 Å². The Labute approximate surface area is 103 Å². The van der Waals surface area contributed by atoms with E-state index in [1.165, 1.54) is 16.8 Å². The molecule has 0 radical (unpaired) electrons. The summed E-state index contributed by atoms with van der Waals surface area (Å²) in [5.74, 6) is 0.138. The number of aliphatic hydroxyl groups excluding tert-OH is 2. The summed E-state index contributed by atoms with van der Waals surface area (Å²) >= 11 is 0. The van der Waals surface area contributed by atoms with Crippen LogP contribution in [0, 0.1) is 0 Å². The van der Waals surface area contributed by atoms with Gasteiger partial charge in [-0.2, -0.15) is 4.98 Å². The number of nitrogens with zero attached hydrogens (tertiary/aromatic N) is 2. The topological polar surface area (TPSA) is 111 Å². The molecule has 8 heteroatoms. The maximum absolute atomic E-state index is 11.5. The Hall–Kier alpha value is -1.15. The van der Waals surface area contributed by atoms with Crippen LogP contribution in [0.3, 0.4) is 0 Å². The maximum atomic E-state index is 11.5. The van der Waals surface area contributed by atoms with Gasteiger partial charge < -0.3 is 20.7 Å². The first-order valence-electron chi connectivity index (χ1n) is 4.91. The predicted molar refractivity (Wildman–Crippen MR) is 61.8 cm³/mol. The Morgan fingerprint density at radius 2 is 2.35 bits per heavy atom. The van der Waals surface area contributed by atoms with Gasteiger partial charge in [0.15, 0.2) is 0 Å². The summed E-state index contributed by atoms with van der Waals surface area (Å²) in [6.07, 6.45) is -0.333. The van der Waals surface area contributed by atoms with Crippen LogP contribution in [-0.4, -0.2) is 38.6 Å². The van der Waals surface area contributed by atoms with Gasteiger partial charge in [-0.25, -0.2) is 4.79 Å². The largest absolute Gasteiger partial charge is 0.394 e. The number of nitrogens with two attached hydrogens (primary N) is 1. The molecule has 0 unspecified atom stereocenters. The molecule has 0 bridgehead atoms. The predicted octanol–water partition coefficient (Wildman–Crippen LogP) is -1.11. The highest BCUT2D eigenvalue weighted by molar-refractivity contribution is 5.85. The van der Waals surface area contributed by atoms with Crippen LogP contribution >= 0.6 is 12.4 Å². The number of aliphatic hydroxyl groups is 2. The van der Waals surface area contributed by atoms with Crippen molar-refractivity contribution in [1.82, 2.24) is 9.55 Å². The molecule has 96 valence electrons. The van der Waals surface area contributed by atoms with Crippen molar-refractivity contribution in [2.24, 2.45) is 0 Å². The van der Waals surface area contributed by atoms with Crippen molar-refractivity contribution in [3.63, 3.8) is 0 Å². The first-order valence-corrected chi connectivity index (χ1v) is 4.91. The van der Waals surface area contributed by atoms with E-state index in [0.29, 0.717) is 0 Å². The summed E-state index contributed by atoms with van der Waals surface area (Å²) in [7, 11) is 0. The Morgan fingerprint density at radius 3 is 2.88 bits per heavy atom. The Morgan fingerprint density at radius 1 is 1.65 bits per heavy atom. The number of hydrogen-bond donors (Lipinski definition) is 3. The lowest BCUT2D eigenvalue weighted by atomic mass is 10.2. The van der Waals surface area contributed by atoms with E-state index in [1.807, 2.05) is 0 Å². The first-order chi connectivity index (χ1) is 7.61. The van der Waals surface area contributed by atoms with E-state index in [1.54, 1.807) is 0 Å². The summed E-state index contributed by atoms with van der Waals surface area (Å²) in [6, 6.07) is 1.48. The van der Waals surface area contributed by atoms with Gasteiger partial charge in [0.2, 0.25) is 0 Å². The number of ether oxygens (including phenoxy) is 1. The Balaban J connectivity index is 0.00000144. The number of anilines is 1. The normalized spacial score (nSPS) is 27.8. The quantitative estimate of drug-likeness (QED) is 0.624. The van der Waals surface area contributed by atoms with E-state index in [0.717, 1.165) is 0 Å². The molecule has 1 aliphatic heterocycles. The summed E-state index contributed by atoms with van der Waals surface area (Å²) in [5.41, 5.74) is 4.82. The van der Waals surface area contributed by atoms with E-state index in [2.05, 4.69) is 4.98 Å². The van der Waals surface area contributed by atoms with Gasteiger partial charge in [0.05, 0.1) is 12.7 Å². The van der Waals surface area contributed by atoms with Gasteiger partial charge in [0, 0.05) is 12.6 Å². The molecular formula is C9H14ClN3O4. The number of hydrogen-bond acceptors (Lipinski definition) is 6. The third-order valence-electron chi connectivity index (χ3n) is 2.55. The second-order valence-electron chi connectivity index (χ2n) is 3.66. The number of rotatable bonds is 2. The fourth-order valence-electron chi connectivity index (χ4n) is 1.70. The molecule has 3 atom stereocenters. The first kappa shape index (κ1) is 13.9. The second-order valence-corrected chi connectivity index (χ2v) is 3.66. The van der Waals surface area contributed by atoms with E-state index in [4.69, 9.17) is 15.6 Å². The Kier molecular flexibility index (Phi) is 4.47. The molecule has 4 N–H and O–H groups in total. The van der Waals surface area contributed by atoms with Crippen LogP contribution in [0.4, 0.5) is 5.82 Å². The SMILES string of the molecule is Cl.Nc1ccn([C@@H]2C[C@@H](O)[C@H](CO)O2)c(=O)n1. The van der Waals surface area contributed by atoms with Crippen molar-refractivity contribution in [3.05, 3.63) is 22.7 Å². The van der Waals surface area contributed by atoms with Gasteiger partial charge in [-0.05, 0) is 6.07 Å². The summed E-state index contributed by atoms with van der Waals surface area (Å²) in [6.45, 7) is -0.283. The molecule has 1 saturated heterocycles. The molecule has 0 aliphatic carbocycles. The smallest absolute Gasteiger partial charge is 0.351 e. The molecule has 1 aromatic rings. The number of halogens is 1. The molecule has 1 aromatic heterocycles. The average molecular weight is 264 g/mol. The van der Waals surface area contributed by atoms with Gasteiger partial charge in [-0.1, -0.05) is 0 Å². The second kappa shape index (κ2) is 5.46. The molecular weight excluding hydrogens is 250 g/mol. The van der Waals surface area contributed by atoms with Gasteiger partial charge in [-0.3, -0.25) is 4.57 Å². The molecule has 17 heavy (non-hydrogen) atoms. The monoisotopic (exact) mass is 263 g/mol. The molecule has 0 amide bonds. The van der Waals surface area contributed by atoms with Crippen LogP contribution in [0.15, 0.2) is 17.1 Å². The molecule has 1 aliphatic rings. The zero-order valence-corrected chi connectivity index (χ0v) is 9.71. The zero-order chi connectivity index (χ0) is 11.7. The molecule has 0 aromatic carbocycles. The summed E-state index contributed by atoms with van der Waals surface area (Å²) in [5, 5.41) is 18.4. The van der Waals surface area contributed by atoms with Crippen LogP contribution in [0.5, 0.6) is 0 Å². The minimum Gasteiger partial charge on any atom is -0.394 e. The minimum atomic E-state index is -0.778. The molecule has 7 nitrogen and oxygen atoms in total. The van der Waals surface area contributed by atoms with Crippen molar-refractivity contribution in [1.29, 1.82) is 0 Å². The van der Waals surface area contributed by atoms with E-state index in [-0.39, 0.29) is 31.3 Å². The zero-order valence-electron chi connectivity index (χ0n) is 8.89. The highest BCUT2D eigenvalue weighted by Gasteiger charge is 2.34. The van der Waals surface area contributed by atoms with E-state index < -0.39 is 24.1 Å². The lowest BCUT2D eigenvalue weighted by Gasteiger charge is -2.13. The van der Waals surface area contributed by atoms with Crippen molar-refractivity contribution in [2.45, 2.75) is 24.9 Å². The van der Waals surface area contributed by atoms with Gasteiger partial charge in [0.25, 0.3) is 0 Å². The van der Waals surface area contributed by atoms with E-state index in [9.17, 15) is 9.90 Å². The molecule has 0 saturated carbocycles. The summed E-state index contributed by atoms with van der Waals surface area (Å²) < 4.78 is 6.56. The van der Waals surface area contributed by atoms with Crippen molar-refractivity contribution >= 4 is 18.2 Å². The Bertz CT molecular complexity index is 438. The van der Waals surface area contributed by atoms with Crippen LogP contribution in [0.25, 0.3) is 0 Å². The molecule has 0 spiro atoms. The lowest BCUT2D eigenvalue weighted by Crippen LogP contribution is -2.27. The average Bonchev–Trinajstić information content (AvgIpc) is 2.59. The fourth-order valence-corrected chi connectivity index (χ4v) is 1.70. The number of aromatic nitrogens is 2. The third kappa shape index (κ3) is 2.75. The standard InChI is InChI=1S/C9H13N3O4.ClH/c10-7-1-2-12(9(15)11-7)8-3-5(14)6(4-13)16-8;/h1-2,5-6,8,13-14H,3-4H2,(H2,10,11,15);1H/t5-,6+,8+;/m1./s1. The fraction of sp³-hybridized carbons (Fsp3) is 0.556. The van der Waals surface area contributed by atoms with Crippen LogP contribution < -0.4 is 11.4 Å².